The SMILES string of the molecule is Nc1ncnc2c1cnn2-c1c[nH]c2ccc(Cl)cc12. The smallest absolute Gasteiger partial charge is 0.168 e. The standard InChI is InChI=1S/C13H9ClN6/c14-7-1-2-10-8(3-7)11(5-16-10)20-13-9(4-19-20)12(15)17-6-18-13/h1-6,16H,(H2,15,17,18). The normalized spacial score (nSPS) is 11.4. The summed E-state index contributed by atoms with van der Waals surface area (Å²) in [4.78, 5) is 11.4. The Morgan fingerprint density at radius 2 is 2.10 bits per heavy atom. The predicted octanol–water partition coefficient (Wildman–Crippen LogP) is 2.53. The number of benzene rings is 1. The van der Waals surface area contributed by atoms with Crippen molar-refractivity contribution in [2.24, 2.45) is 0 Å². The number of aromatic nitrogens is 5. The van der Waals surface area contributed by atoms with Crippen LogP contribution in [0.15, 0.2) is 36.9 Å². The summed E-state index contributed by atoms with van der Waals surface area (Å²) in [5, 5.41) is 6.72. The number of anilines is 1. The fourth-order valence-electron chi connectivity index (χ4n) is 2.29. The first kappa shape index (κ1) is 11.2. The summed E-state index contributed by atoms with van der Waals surface area (Å²) >= 11 is 6.06. The molecule has 0 radical (unpaired) electrons. The second-order valence-electron chi connectivity index (χ2n) is 4.42. The molecule has 0 fully saturated rings. The zero-order valence-electron chi connectivity index (χ0n) is 10.2. The van der Waals surface area contributed by atoms with Gasteiger partial charge < -0.3 is 10.7 Å². The zero-order chi connectivity index (χ0) is 13.7. The van der Waals surface area contributed by atoms with Gasteiger partial charge in [0.2, 0.25) is 0 Å². The Balaban J connectivity index is 2.06. The quantitative estimate of drug-likeness (QED) is 0.562. The van der Waals surface area contributed by atoms with Crippen molar-refractivity contribution in [3.05, 3.63) is 41.9 Å². The third-order valence-corrected chi connectivity index (χ3v) is 3.48. The molecule has 20 heavy (non-hydrogen) atoms. The molecule has 0 bridgehead atoms. The van der Waals surface area contributed by atoms with Gasteiger partial charge in [-0.2, -0.15) is 5.10 Å². The Hall–Kier alpha value is -2.60. The number of nitrogens with two attached hydrogens (primary N) is 1. The van der Waals surface area contributed by atoms with E-state index in [1.807, 2.05) is 24.4 Å². The lowest BCUT2D eigenvalue weighted by atomic mass is 10.2. The molecule has 0 saturated carbocycles. The topological polar surface area (TPSA) is 85.4 Å². The average molecular weight is 285 g/mol. The second kappa shape index (κ2) is 3.94. The summed E-state index contributed by atoms with van der Waals surface area (Å²) in [7, 11) is 0. The maximum absolute atomic E-state index is 6.06. The molecule has 0 atom stereocenters. The monoisotopic (exact) mass is 284 g/mol. The molecule has 3 heterocycles. The largest absolute Gasteiger partial charge is 0.383 e. The number of hydrogen-bond donors (Lipinski definition) is 2. The number of nitrogens with zero attached hydrogens (tertiary/aromatic N) is 4. The van der Waals surface area contributed by atoms with Gasteiger partial charge >= 0.3 is 0 Å². The van der Waals surface area contributed by atoms with Crippen molar-refractivity contribution in [3.63, 3.8) is 0 Å². The molecule has 1 aromatic carbocycles. The number of nitrogen functional groups attached to an aromatic ring is 1. The highest BCUT2D eigenvalue weighted by Crippen LogP contribution is 2.27. The first-order valence-corrected chi connectivity index (χ1v) is 6.33. The highest BCUT2D eigenvalue weighted by Gasteiger charge is 2.13. The molecule has 0 aliphatic carbocycles. The van der Waals surface area contributed by atoms with E-state index in [1.54, 1.807) is 10.9 Å². The Kier molecular flexibility index (Phi) is 2.22. The molecule has 3 N–H and O–H groups in total. The van der Waals surface area contributed by atoms with Gasteiger partial charge in [-0.25, -0.2) is 14.6 Å². The van der Waals surface area contributed by atoms with E-state index in [4.69, 9.17) is 17.3 Å². The average Bonchev–Trinajstić information content (AvgIpc) is 3.02. The van der Waals surface area contributed by atoms with Crippen LogP contribution in [-0.2, 0) is 0 Å². The van der Waals surface area contributed by atoms with Gasteiger partial charge in [-0.3, -0.25) is 0 Å². The maximum atomic E-state index is 6.06. The molecule has 6 nitrogen and oxygen atoms in total. The number of fused-ring (bicyclic) bond motifs is 2. The summed E-state index contributed by atoms with van der Waals surface area (Å²) in [6.07, 6.45) is 4.96. The maximum Gasteiger partial charge on any atom is 0.168 e. The molecule has 0 spiro atoms. The van der Waals surface area contributed by atoms with Crippen LogP contribution in [0.5, 0.6) is 0 Å². The molecule has 3 aromatic heterocycles. The van der Waals surface area contributed by atoms with Crippen LogP contribution in [0.25, 0.3) is 27.6 Å². The Morgan fingerprint density at radius 1 is 1.20 bits per heavy atom. The molecule has 0 saturated heterocycles. The summed E-state index contributed by atoms with van der Waals surface area (Å²) in [5.41, 5.74) is 8.34. The van der Waals surface area contributed by atoms with E-state index in [0.29, 0.717) is 16.5 Å². The molecule has 0 aliphatic rings. The van der Waals surface area contributed by atoms with Crippen molar-refractivity contribution in [3.8, 4) is 5.69 Å². The molecule has 0 aliphatic heterocycles. The molecule has 0 unspecified atom stereocenters. The van der Waals surface area contributed by atoms with E-state index >= 15 is 0 Å². The lowest BCUT2D eigenvalue weighted by molar-refractivity contribution is 0.901. The van der Waals surface area contributed by atoms with E-state index in [1.165, 1.54) is 6.33 Å². The van der Waals surface area contributed by atoms with Crippen molar-refractivity contribution in [2.45, 2.75) is 0 Å². The fourth-order valence-corrected chi connectivity index (χ4v) is 2.46. The van der Waals surface area contributed by atoms with Crippen molar-refractivity contribution in [1.29, 1.82) is 0 Å². The van der Waals surface area contributed by atoms with Crippen LogP contribution >= 0.6 is 11.6 Å². The number of nitrogens with one attached hydrogen (secondary N) is 1. The van der Waals surface area contributed by atoms with Crippen LogP contribution in [-0.4, -0.2) is 24.7 Å². The van der Waals surface area contributed by atoms with Gasteiger partial charge in [0.1, 0.15) is 12.1 Å². The van der Waals surface area contributed by atoms with Gasteiger partial charge in [-0.05, 0) is 18.2 Å². The van der Waals surface area contributed by atoms with Crippen molar-refractivity contribution >= 4 is 39.4 Å². The lowest BCUT2D eigenvalue weighted by Crippen LogP contribution is -1.98. The Bertz CT molecular complexity index is 935. The van der Waals surface area contributed by atoms with Crippen LogP contribution in [0.2, 0.25) is 5.02 Å². The predicted molar refractivity (Wildman–Crippen MR) is 77.9 cm³/mol. The summed E-state index contributed by atoms with van der Waals surface area (Å²) in [6.45, 7) is 0. The Morgan fingerprint density at radius 3 is 3.00 bits per heavy atom. The number of halogens is 1. The highest BCUT2D eigenvalue weighted by atomic mass is 35.5. The molecule has 7 heteroatoms. The fraction of sp³-hybridized carbons (Fsp3) is 0. The van der Waals surface area contributed by atoms with E-state index in [9.17, 15) is 0 Å². The minimum atomic E-state index is 0.416. The zero-order valence-corrected chi connectivity index (χ0v) is 11.0. The minimum absolute atomic E-state index is 0.416. The van der Waals surface area contributed by atoms with Crippen LogP contribution in [0, 0.1) is 0 Å². The van der Waals surface area contributed by atoms with E-state index in [2.05, 4.69) is 20.1 Å². The molecule has 4 aromatic rings. The van der Waals surface area contributed by atoms with Gasteiger partial charge in [-0.15, -0.1) is 0 Å². The highest BCUT2D eigenvalue weighted by molar-refractivity contribution is 6.31. The molecular formula is C13H9ClN6. The molecule has 0 amide bonds. The first-order valence-electron chi connectivity index (χ1n) is 5.95. The molecular weight excluding hydrogens is 276 g/mol. The molecule has 4 rings (SSSR count). The van der Waals surface area contributed by atoms with Crippen LogP contribution in [0.4, 0.5) is 5.82 Å². The minimum Gasteiger partial charge on any atom is -0.383 e. The summed E-state index contributed by atoms with van der Waals surface area (Å²) in [5.74, 6) is 0.416. The number of hydrogen-bond acceptors (Lipinski definition) is 4. The summed E-state index contributed by atoms with van der Waals surface area (Å²) in [6, 6.07) is 5.66. The van der Waals surface area contributed by atoms with Crippen molar-refractivity contribution < 1.29 is 0 Å². The lowest BCUT2D eigenvalue weighted by Gasteiger charge is -2.01. The van der Waals surface area contributed by atoms with E-state index in [0.717, 1.165) is 22.0 Å². The van der Waals surface area contributed by atoms with Gasteiger partial charge in [-0.1, -0.05) is 11.6 Å². The Labute approximate surface area is 118 Å². The second-order valence-corrected chi connectivity index (χ2v) is 4.85. The number of aromatic amines is 1. The van der Waals surface area contributed by atoms with Crippen LogP contribution in [0.1, 0.15) is 0 Å². The van der Waals surface area contributed by atoms with Gasteiger partial charge in [0.15, 0.2) is 5.65 Å². The van der Waals surface area contributed by atoms with Crippen LogP contribution in [0.3, 0.4) is 0 Å². The van der Waals surface area contributed by atoms with E-state index in [-0.39, 0.29) is 0 Å². The van der Waals surface area contributed by atoms with Gasteiger partial charge in [0.25, 0.3) is 0 Å². The van der Waals surface area contributed by atoms with E-state index < -0.39 is 0 Å². The van der Waals surface area contributed by atoms with Crippen LogP contribution < -0.4 is 5.73 Å². The summed E-state index contributed by atoms with van der Waals surface area (Å²) < 4.78 is 1.72. The van der Waals surface area contributed by atoms with Crippen molar-refractivity contribution in [2.75, 3.05) is 5.73 Å². The van der Waals surface area contributed by atoms with Gasteiger partial charge in [0.05, 0.1) is 17.3 Å². The first-order chi connectivity index (χ1) is 9.74. The van der Waals surface area contributed by atoms with Gasteiger partial charge in [0, 0.05) is 22.1 Å². The molecule has 98 valence electrons. The third kappa shape index (κ3) is 1.48. The third-order valence-electron chi connectivity index (χ3n) is 3.25. The van der Waals surface area contributed by atoms with Crippen molar-refractivity contribution in [1.82, 2.24) is 24.7 Å². The number of rotatable bonds is 1. The number of H-pyrrole nitrogens is 1.